The lowest BCUT2D eigenvalue weighted by Crippen LogP contribution is -2.50. The molecule has 0 radical (unpaired) electrons. The molecule has 2 aliphatic rings. The van der Waals surface area contributed by atoms with E-state index in [0.29, 0.717) is 31.2 Å². The first-order chi connectivity index (χ1) is 16.0. The van der Waals surface area contributed by atoms with Crippen LogP contribution in [0.15, 0.2) is 42.5 Å². The number of nitrogens with zero attached hydrogens (tertiary/aromatic N) is 1. The Kier molecular flexibility index (Phi) is 6.41. The zero-order valence-corrected chi connectivity index (χ0v) is 17.9. The molecule has 2 amide bonds. The van der Waals surface area contributed by atoms with E-state index in [1.807, 2.05) is 0 Å². The number of anilines is 1. The summed E-state index contributed by atoms with van der Waals surface area (Å²) in [5, 5.41) is 2.62. The summed E-state index contributed by atoms with van der Waals surface area (Å²) in [6, 6.07) is 6.96. The van der Waals surface area contributed by atoms with Crippen LogP contribution in [0.5, 0.6) is 5.75 Å². The van der Waals surface area contributed by atoms with E-state index in [9.17, 15) is 31.1 Å². The van der Waals surface area contributed by atoms with Crippen molar-refractivity contribution in [3.05, 3.63) is 59.2 Å². The van der Waals surface area contributed by atoms with E-state index < -0.39 is 35.6 Å². The van der Waals surface area contributed by atoms with Crippen molar-refractivity contribution >= 4 is 11.7 Å². The number of benzene rings is 2. The third-order valence-corrected chi connectivity index (χ3v) is 6.27. The number of carbonyl (C=O) groups is 1. The number of urea groups is 1. The summed E-state index contributed by atoms with van der Waals surface area (Å²) in [5.74, 6) is -0.267. The number of piperidine rings is 1. The van der Waals surface area contributed by atoms with Gasteiger partial charge in [0, 0.05) is 37.2 Å². The van der Waals surface area contributed by atoms with Gasteiger partial charge >= 0.3 is 18.4 Å². The number of alkyl halides is 6. The number of carbonyl (C=O) groups excluding carboxylic acids is 1. The standard InChI is InChI=1S/C23H23F6N3O2/c24-22(25,26)14-2-4-15(5-3-14)31-21(33)32-16-6-7-17(32)11-18(10-16)34-20-8-1-13(12-30)9-19(20)23(27,28)29/h1-5,8-9,16-18H,6-7,10-12,30H2,(H,31,33). The predicted molar refractivity (Wildman–Crippen MR) is 112 cm³/mol. The van der Waals surface area contributed by atoms with Gasteiger partial charge in [-0.1, -0.05) is 6.07 Å². The molecule has 2 aromatic carbocycles. The van der Waals surface area contributed by atoms with Crippen LogP contribution in [0.25, 0.3) is 0 Å². The molecule has 0 aromatic heterocycles. The number of nitrogens with two attached hydrogens (primary N) is 1. The lowest BCUT2D eigenvalue weighted by Gasteiger charge is -2.39. The van der Waals surface area contributed by atoms with Gasteiger partial charge in [0.25, 0.3) is 0 Å². The van der Waals surface area contributed by atoms with E-state index in [1.165, 1.54) is 24.3 Å². The highest BCUT2D eigenvalue weighted by atomic mass is 19.4. The monoisotopic (exact) mass is 487 g/mol. The minimum absolute atomic E-state index is 0.0278. The Morgan fingerprint density at radius 2 is 1.59 bits per heavy atom. The maximum absolute atomic E-state index is 13.5. The molecule has 3 N–H and O–H groups in total. The van der Waals surface area contributed by atoms with Crippen LogP contribution in [-0.4, -0.2) is 29.1 Å². The third kappa shape index (κ3) is 5.08. The highest BCUT2D eigenvalue weighted by molar-refractivity contribution is 5.90. The molecule has 5 nitrogen and oxygen atoms in total. The minimum atomic E-state index is -4.60. The van der Waals surface area contributed by atoms with E-state index in [1.54, 1.807) is 4.90 Å². The molecule has 4 rings (SSSR count). The van der Waals surface area contributed by atoms with Crippen LogP contribution >= 0.6 is 0 Å². The summed E-state index contributed by atoms with van der Waals surface area (Å²) in [7, 11) is 0. The highest BCUT2D eigenvalue weighted by Crippen LogP contribution is 2.41. The van der Waals surface area contributed by atoms with Crippen LogP contribution in [-0.2, 0) is 18.9 Å². The lowest BCUT2D eigenvalue weighted by atomic mass is 9.99. The van der Waals surface area contributed by atoms with Gasteiger partial charge in [0.15, 0.2) is 0 Å². The lowest BCUT2D eigenvalue weighted by molar-refractivity contribution is -0.139. The average molecular weight is 487 g/mol. The first-order valence-corrected chi connectivity index (χ1v) is 10.8. The summed E-state index contributed by atoms with van der Waals surface area (Å²) < 4.78 is 84.5. The van der Waals surface area contributed by atoms with Gasteiger partial charge in [-0.15, -0.1) is 0 Å². The predicted octanol–water partition coefficient (Wildman–Crippen LogP) is 5.79. The molecule has 11 heteroatoms. The van der Waals surface area contributed by atoms with Crippen LogP contribution in [0.3, 0.4) is 0 Å². The molecule has 2 aromatic rings. The third-order valence-electron chi connectivity index (χ3n) is 6.27. The summed E-state index contributed by atoms with van der Waals surface area (Å²) in [4.78, 5) is 14.4. The molecule has 2 unspecified atom stereocenters. The van der Waals surface area contributed by atoms with Crippen molar-refractivity contribution in [2.24, 2.45) is 5.73 Å². The fourth-order valence-electron chi connectivity index (χ4n) is 4.69. The second kappa shape index (κ2) is 9.01. The van der Waals surface area contributed by atoms with Gasteiger partial charge in [0.05, 0.1) is 11.1 Å². The van der Waals surface area contributed by atoms with Crippen LogP contribution in [0.2, 0.25) is 0 Å². The average Bonchev–Trinajstić information content (AvgIpc) is 3.03. The van der Waals surface area contributed by atoms with Crippen molar-refractivity contribution in [1.29, 1.82) is 0 Å². The quantitative estimate of drug-likeness (QED) is 0.537. The highest BCUT2D eigenvalue weighted by Gasteiger charge is 2.45. The summed E-state index contributed by atoms with van der Waals surface area (Å²) >= 11 is 0. The van der Waals surface area contributed by atoms with Crippen molar-refractivity contribution in [2.45, 2.75) is 62.8 Å². The normalized spacial score (nSPS) is 22.6. The van der Waals surface area contributed by atoms with Gasteiger partial charge in [0.2, 0.25) is 0 Å². The molecule has 2 aliphatic heterocycles. The van der Waals surface area contributed by atoms with E-state index >= 15 is 0 Å². The Labute approximate surface area is 191 Å². The van der Waals surface area contributed by atoms with Crippen LogP contribution in [0.4, 0.5) is 36.8 Å². The molecule has 34 heavy (non-hydrogen) atoms. The number of nitrogens with one attached hydrogen (secondary N) is 1. The molecule has 184 valence electrons. The summed E-state index contributed by atoms with van der Waals surface area (Å²) in [5.41, 5.74) is 4.33. The molecular weight excluding hydrogens is 464 g/mol. The molecule has 0 aliphatic carbocycles. The Balaban J connectivity index is 1.43. The Hall–Kier alpha value is -2.95. The fourth-order valence-corrected chi connectivity index (χ4v) is 4.69. The van der Waals surface area contributed by atoms with Crippen LogP contribution in [0.1, 0.15) is 42.4 Å². The van der Waals surface area contributed by atoms with Crippen molar-refractivity contribution in [3.63, 3.8) is 0 Å². The van der Waals surface area contributed by atoms with Gasteiger partial charge in [-0.25, -0.2) is 4.79 Å². The van der Waals surface area contributed by atoms with Gasteiger partial charge in [-0.3, -0.25) is 0 Å². The molecule has 2 fully saturated rings. The second-order valence-corrected chi connectivity index (χ2v) is 8.54. The van der Waals surface area contributed by atoms with Crippen molar-refractivity contribution in [2.75, 3.05) is 5.32 Å². The van der Waals surface area contributed by atoms with Crippen molar-refractivity contribution in [1.82, 2.24) is 4.90 Å². The van der Waals surface area contributed by atoms with Gasteiger partial charge in [0.1, 0.15) is 11.9 Å². The molecule has 2 atom stereocenters. The first-order valence-electron chi connectivity index (χ1n) is 10.8. The Morgan fingerprint density at radius 1 is 0.971 bits per heavy atom. The van der Waals surface area contributed by atoms with E-state index in [4.69, 9.17) is 10.5 Å². The molecule has 0 spiro atoms. The van der Waals surface area contributed by atoms with Crippen LogP contribution < -0.4 is 15.8 Å². The molecular formula is C23H23F6N3O2. The van der Waals surface area contributed by atoms with Crippen molar-refractivity contribution in [3.8, 4) is 5.75 Å². The van der Waals surface area contributed by atoms with Gasteiger partial charge in [-0.2, -0.15) is 26.3 Å². The number of rotatable bonds is 4. The van der Waals surface area contributed by atoms with E-state index in [-0.39, 0.29) is 30.1 Å². The number of halogens is 6. The molecule has 2 heterocycles. The summed E-state index contributed by atoms with van der Waals surface area (Å²) in [6.07, 6.45) is -7.52. The molecule has 2 bridgehead atoms. The Bertz CT molecular complexity index is 1020. The number of amides is 2. The topological polar surface area (TPSA) is 67.6 Å². The first kappa shape index (κ1) is 24.2. The number of ether oxygens (including phenoxy) is 1. The van der Waals surface area contributed by atoms with Gasteiger partial charge in [-0.05, 0) is 54.8 Å². The molecule has 0 saturated carbocycles. The number of hydrogen-bond donors (Lipinski definition) is 2. The number of fused-ring (bicyclic) bond motifs is 2. The Morgan fingerprint density at radius 3 is 2.12 bits per heavy atom. The maximum Gasteiger partial charge on any atom is 0.419 e. The van der Waals surface area contributed by atoms with Crippen LogP contribution in [0, 0.1) is 0 Å². The minimum Gasteiger partial charge on any atom is -0.490 e. The fraction of sp³-hybridized carbons (Fsp3) is 0.435. The van der Waals surface area contributed by atoms with Gasteiger partial charge < -0.3 is 20.7 Å². The van der Waals surface area contributed by atoms with Crippen molar-refractivity contribution < 1.29 is 35.9 Å². The second-order valence-electron chi connectivity index (χ2n) is 8.54. The zero-order valence-electron chi connectivity index (χ0n) is 17.9. The number of hydrogen-bond acceptors (Lipinski definition) is 3. The zero-order chi connectivity index (χ0) is 24.7. The largest absolute Gasteiger partial charge is 0.490 e. The van der Waals surface area contributed by atoms with E-state index in [0.717, 1.165) is 18.2 Å². The SMILES string of the molecule is NCc1ccc(OC2CC3CCC(C2)N3C(=O)Nc2ccc(C(F)(F)F)cc2)c(C(F)(F)F)c1. The van der Waals surface area contributed by atoms with E-state index in [2.05, 4.69) is 5.32 Å². The maximum atomic E-state index is 13.5. The smallest absolute Gasteiger partial charge is 0.419 e. The molecule has 2 saturated heterocycles. The summed E-state index contributed by atoms with van der Waals surface area (Å²) in [6.45, 7) is -0.0278.